The molecule has 1 rings (SSSR count). The molecule has 1 aliphatic rings. The number of hydrogen-bond acceptors (Lipinski definition) is 3. The molecular weight excluding hydrogens is 168 g/mol. The smallest absolute Gasteiger partial charge is 0.363 e. The number of hydrogen-bond donors (Lipinski definition) is 2. The molecule has 3 N–H and O–H groups in total. The van der Waals surface area contributed by atoms with Crippen molar-refractivity contribution in [2.75, 3.05) is 0 Å². The van der Waals surface area contributed by atoms with Crippen LogP contribution in [0.4, 0.5) is 0 Å². The Balaban J connectivity index is 2.73. The van der Waals surface area contributed by atoms with Crippen molar-refractivity contribution in [2.24, 2.45) is 36.5 Å². The van der Waals surface area contributed by atoms with E-state index in [1.165, 1.54) is 0 Å². The Bertz CT molecular complexity index is 297. The van der Waals surface area contributed by atoms with Crippen LogP contribution in [-0.2, 0) is 0 Å². The molecule has 0 atom stereocenters. The van der Waals surface area contributed by atoms with Crippen LogP contribution >= 0.6 is 0 Å². The zero-order valence-electron chi connectivity index (χ0n) is 5.56. The second-order valence-electron chi connectivity index (χ2n) is 1.50. The Labute approximate surface area is 64.7 Å². The van der Waals surface area contributed by atoms with Gasteiger partial charge in [-0.2, -0.15) is 4.99 Å². The van der Waals surface area contributed by atoms with Crippen molar-refractivity contribution in [3.63, 3.8) is 0 Å². The molecule has 0 bridgehead atoms. The first kappa shape index (κ1) is 7.84. The monoisotopic (exact) mass is 171 g/mol. The number of rotatable bonds is 1. The van der Waals surface area contributed by atoms with Crippen molar-refractivity contribution < 1.29 is 10.2 Å². The number of nitrogens with zero attached hydrogens (tertiary/aromatic N) is 7. The first-order valence-corrected chi connectivity index (χ1v) is 2.59. The van der Waals surface area contributed by atoms with Crippen LogP contribution in [-0.4, -0.2) is 22.2 Å². The molecule has 62 valence electrons. The Morgan fingerprint density at radius 3 is 2.58 bits per heavy atom. The Hall–Kier alpha value is -2.26. The second-order valence-corrected chi connectivity index (χ2v) is 1.50. The third-order valence-electron chi connectivity index (χ3n) is 0.711. The normalized spacial score (nSPS) is 15.3. The quantitative estimate of drug-likeness (QED) is 0.314. The SMILES string of the molecule is N/C(N=C1N=NN=N1)=N\[N+](=O)O. The third-order valence-corrected chi connectivity index (χ3v) is 0.711. The van der Waals surface area contributed by atoms with Crippen molar-refractivity contribution in [1.82, 2.24) is 0 Å². The fourth-order valence-corrected chi connectivity index (χ4v) is 0.397. The van der Waals surface area contributed by atoms with E-state index < -0.39 is 11.0 Å². The van der Waals surface area contributed by atoms with Crippen LogP contribution in [0.1, 0.15) is 0 Å². The molecule has 1 heterocycles. The molecule has 0 saturated heterocycles. The van der Waals surface area contributed by atoms with Gasteiger partial charge in [0.1, 0.15) is 10.0 Å². The van der Waals surface area contributed by atoms with Crippen molar-refractivity contribution in [2.45, 2.75) is 0 Å². The molecule has 0 aromatic carbocycles. The van der Waals surface area contributed by atoms with E-state index in [0.29, 0.717) is 0 Å². The fraction of sp³-hybridized carbons (Fsp3) is 0. The van der Waals surface area contributed by atoms with Crippen LogP contribution in [0, 0.1) is 4.91 Å². The lowest BCUT2D eigenvalue weighted by Crippen LogP contribution is -2.13. The summed E-state index contributed by atoms with van der Waals surface area (Å²) in [4.78, 5) is 13.2. The minimum Gasteiger partial charge on any atom is -0.363 e. The summed E-state index contributed by atoms with van der Waals surface area (Å²) in [7, 11) is 0. The molecule has 0 aromatic rings. The second kappa shape index (κ2) is 3.23. The maximum absolute atomic E-state index is 9.86. The van der Waals surface area contributed by atoms with Crippen molar-refractivity contribution >= 4 is 11.9 Å². The molecule has 0 saturated carbocycles. The van der Waals surface area contributed by atoms with Gasteiger partial charge >= 0.3 is 5.03 Å². The number of nitrogens with two attached hydrogens (primary N) is 1. The molecule has 12 heavy (non-hydrogen) atoms. The minimum atomic E-state index is -0.734. The largest absolute Gasteiger partial charge is 0.391 e. The van der Waals surface area contributed by atoms with E-state index in [1.807, 2.05) is 0 Å². The van der Waals surface area contributed by atoms with Crippen molar-refractivity contribution in [1.29, 1.82) is 0 Å². The average molecular weight is 171 g/mol. The van der Waals surface area contributed by atoms with Crippen LogP contribution in [0.2, 0.25) is 0 Å². The first-order chi connectivity index (χ1) is 5.68. The van der Waals surface area contributed by atoms with Crippen LogP contribution in [0.5, 0.6) is 0 Å². The van der Waals surface area contributed by atoms with E-state index in [9.17, 15) is 4.91 Å². The molecule has 0 unspecified atom stereocenters. The van der Waals surface area contributed by atoms with E-state index in [4.69, 9.17) is 10.9 Å². The van der Waals surface area contributed by atoms with Gasteiger partial charge in [0.05, 0.1) is 0 Å². The summed E-state index contributed by atoms with van der Waals surface area (Å²) in [5.41, 5.74) is 5.01. The zero-order chi connectivity index (χ0) is 8.97. The van der Waals surface area contributed by atoms with Crippen LogP contribution in [0.3, 0.4) is 0 Å². The van der Waals surface area contributed by atoms with E-state index in [-0.39, 0.29) is 5.96 Å². The summed E-state index contributed by atoms with van der Waals surface area (Å²) in [6.45, 7) is 0. The third kappa shape index (κ3) is 2.17. The summed E-state index contributed by atoms with van der Waals surface area (Å²) < 4.78 is 0. The Morgan fingerprint density at radius 2 is 2.08 bits per heavy atom. The van der Waals surface area contributed by atoms with Gasteiger partial charge in [-0.15, -0.1) is 0 Å². The van der Waals surface area contributed by atoms with Gasteiger partial charge in [0, 0.05) is 0 Å². The van der Waals surface area contributed by atoms with Crippen LogP contribution in [0.25, 0.3) is 0 Å². The molecule has 0 aliphatic carbocycles. The Morgan fingerprint density at radius 1 is 1.50 bits per heavy atom. The molecule has 0 spiro atoms. The Kier molecular flexibility index (Phi) is 2.11. The van der Waals surface area contributed by atoms with E-state index in [2.05, 4.69) is 30.8 Å². The molecule has 0 fully saturated rings. The lowest BCUT2D eigenvalue weighted by molar-refractivity contribution is -0.796. The molecule has 10 nitrogen and oxygen atoms in total. The molecule has 0 amide bonds. The first-order valence-electron chi connectivity index (χ1n) is 2.59. The summed E-state index contributed by atoms with van der Waals surface area (Å²) in [6, 6.07) is 0. The summed E-state index contributed by atoms with van der Waals surface area (Å²) in [6.07, 6.45) is 0. The number of hydrazone groups is 1. The van der Waals surface area contributed by atoms with Crippen molar-refractivity contribution in [3.05, 3.63) is 4.91 Å². The van der Waals surface area contributed by atoms with Gasteiger partial charge in [0.15, 0.2) is 0 Å². The van der Waals surface area contributed by atoms with Gasteiger partial charge in [-0.1, -0.05) is 10.2 Å². The summed E-state index contributed by atoms with van der Waals surface area (Å²) in [5.74, 6) is -0.639. The standard InChI is InChI=1S/C2H3N8O2/c3-1(7-10(11)12)4-2-5-8-9-6-2/h(H2,3,7)(H,11,12)/q+1. The number of aliphatic imine (C=N–C) groups is 1. The van der Waals surface area contributed by atoms with Gasteiger partial charge in [-0.05, 0) is 10.4 Å². The average Bonchev–Trinajstić information content (AvgIpc) is 2.37. The van der Waals surface area contributed by atoms with E-state index in [0.717, 1.165) is 0 Å². The van der Waals surface area contributed by atoms with Gasteiger partial charge in [0.25, 0.3) is 11.9 Å². The topological polar surface area (TPSA) is 140 Å². The van der Waals surface area contributed by atoms with E-state index in [1.54, 1.807) is 0 Å². The summed E-state index contributed by atoms with van der Waals surface area (Å²) >= 11 is 0. The highest BCUT2D eigenvalue weighted by molar-refractivity contribution is 5.94. The van der Waals surface area contributed by atoms with Crippen LogP contribution in [0.15, 0.2) is 30.8 Å². The van der Waals surface area contributed by atoms with Gasteiger partial charge in [-0.25, -0.2) is 5.21 Å². The number of guanidine groups is 2. The molecule has 0 aromatic heterocycles. The minimum absolute atomic E-state index is 0.141. The highest BCUT2D eigenvalue weighted by atomic mass is 16.7. The van der Waals surface area contributed by atoms with E-state index >= 15 is 0 Å². The highest BCUT2D eigenvalue weighted by Gasteiger charge is 2.06. The lowest BCUT2D eigenvalue weighted by Gasteiger charge is -1.80. The molecular formula is C2H3N8O2+. The lowest BCUT2D eigenvalue weighted by atomic mass is 10.9. The molecule has 10 heteroatoms. The summed E-state index contributed by atoms with van der Waals surface area (Å²) in [5, 5.41) is 22.8. The van der Waals surface area contributed by atoms with Gasteiger partial charge in [-0.3, -0.25) is 0 Å². The molecule has 0 radical (unpaired) electrons. The maximum atomic E-state index is 9.86. The zero-order valence-corrected chi connectivity index (χ0v) is 5.56. The van der Waals surface area contributed by atoms with Gasteiger partial charge < -0.3 is 5.73 Å². The highest BCUT2D eigenvalue weighted by Crippen LogP contribution is 1.96. The maximum Gasteiger partial charge on any atom is 0.391 e. The predicted molar refractivity (Wildman–Crippen MR) is 34.2 cm³/mol. The molecule has 1 aliphatic heterocycles. The predicted octanol–water partition coefficient (Wildman–Crippen LogP) is -0.427. The fourth-order valence-electron chi connectivity index (χ4n) is 0.397. The van der Waals surface area contributed by atoms with Crippen molar-refractivity contribution in [3.8, 4) is 0 Å². The van der Waals surface area contributed by atoms with Crippen LogP contribution < -0.4 is 5.73 Å². The van der Waals surface area contributed by atoms with Gasteiger partial charge in [0.2, 0.25) is 0 Å².